The summed E-state index contributed by atoms with van der Waals surface area (Å²) in [6, 6.07) is 0. The van der Waals surface area contributed by atoms with E-state index in [9.17, 15) is 4.79 Å². The number of amides is 1. The van der Waals surface area contributed by atoms with E-state index in [1.165, 1.54) is 0 Å². The minimum Gasteiger partial charge on any atom is -0.356 e. The van der Waals surface area contributed by atoms with Crippen molar-refractivity contribution >= 4 is 5.91 Å². The first kappa shape index (κ1) is 6.16. The molecule has 2 N–H and O–H groups in total. The average Bonchev–Trinajstić information content (AvgIpc) is 1.85. The van der Waals surface area contributed by atoms with E-state index in [1.54, 1.807) is 0 Å². The molecule has 56 valence electrons. The monoisotopic (exact) mass is 140 g/mol. The van der Waals surface area contributed by atoms with Crippen LogP contribution in [0.5, 0.6) is 0 Å². The number of hydrogen-bond donors (Lipinski definition) is 2. The van der Waals surface area contributed by atoms with Crippen molar-refractivity contribution in [1.82, 2.24) is 10.6 Å². The van der Waals surface area contributed by atoms with Crippen LogP contribution in [0.2, 0.25) is 0 Å². The quantitative estimate of drug-likeness (QED) is 0.475. The van der Waals surface area contributed by atoms with Crippen LogP contribution in [-0.2, 0) is 4.79 Å². The second kappa shape index (κ2) is 1.95. The Balaban J connectivity index is 2.10. The van der Waals surface area contributed by atoms with Crippen LogP contribution < -0.4 is 10.6 Å². The first-order valence-corrected chi connectivity index (χ1v) is 3.83. The highest BCUT2D eigenvalue weighted by molar-refractivity contribution is 5.84. The molecule has 0 aromatic carbocycles. The molecule has 2 aliphatic heterocycles. The average molecular weight is 140 g/mol. The van der Waals surface area contributed by atoms with Crippen LogP contribution in [0.1, 0.15) is 12.8 Å². The van der Waals surface area contributed by atoms with Crippen LogP contribution in [-0.4, -0.2) is 25.5 Å². The Bertz CT molecular complexity index is 163. The number of carbonyl (C=O) groups excluding carboxylic acids is 1. The van der Waals surface area contributed by atoms with Gasteiger partial charge in [0.2, 0.25) is 5.91 Å². The molecule has 0 atom stereocenters. The highest BCUT2D eigenvalue weighted by Crippen LogP contribution is 2.30. The van der Waals surface area contributed by atoms with Gasteiger partial charge in [0.25, 0.3) is 0 Å². The molecule has 10 heavy (non-hydrogen) atoms. The third kappa shape index (κ3) is 0.669. The summed E-state index contributed by atoms with van der Waals surface area (Å²) >= 11 is 0. The van der Waals surface area contributed by atoms with E-state index >= 15 is 0 Å². The van der Waals surface area contributed by atoms with Gasteiger partial charge in [0.05, 0.1) is 5.41 Å². The Morgan fingerprint density at radius 1 is 1.40 bits per heavy atom. The molecule has 1 spiro atoms. The molecule has 2 saturated heterocycles. The second-order valence-electron chi connectivity index (χ2n) is 3.24. The van der Waals surface area contributed by atoms with Crippen LogP contribution in [0.25, 0.3) is 0 Å². The molecular formula is C7H12N2O. The first-order chi connectivity index (χ1) is 4.83. The topological polar surface area (TPSA) is 41.1 Å². The van der Waals surface area contributed by atoms with Crippen molar-refractivity contribution in [3.05, 3.63) is 0 Å². The molecule has 0 saturated carbocycles. The number of piperidine rings is 1. The van der Waals surface area contributed by atoms with Gasteiger partial charge in [-0.3, -0.25) is 4.79 Å². The molecule has 0 unspecified atom stereocenters. The fourth-order valence-corrected chi connectivity index (χ4v) is 1.69. The van der Waals surface area contributed by atoms with E-state index in [0.29, 0.717) is 0 Å². The summed E-state index contributed by atoms with van der Waals surface area (Å²) in [7, 11) is 0. The largest absolute Gasteiger partial charge is 0.356 e. The van der Waals surface area contributed by atoms with Gasteiger partial charge < -0.3 is 10.6 Å². The molecule has 2 heterocycles. The van der Waals surface area contributed by atoms with E-state index in [4.69, 9.17) is 0 Å². The van der Waals surface area contributed by atoms with Crippen LogP contribution in [0, 0.1) is 5.41 Å². The zero-order valence-corrected chi connectivity index (χ0v) is 5.94. The summed E-state index contributed by atoms with van der Waals surface area (Å²) in [5, 5.41) is 6.04. The number of nitrogens with one attached hydrogen (secondary N) is 2. The van der Waals surface area contributed by atoms with Gasteiger partial charge in [0.15, 0.2) is 0 Å². The van der Waals surface area contributed by atoms with Gasteiger partial charge in [-0.25, -0.2) is 0 Å². The number of rotatable bonds is 0. The number of carbonyl (C=O) groups is 1. The Hall–Kier alpha value is -0.570. The summed E-state index contributed by atoms with van der Waals surface area (Å²) < 4.78 is 0. The molecule has 2 rings (SSSR count). The zero-order valence-electron chi connectivity index (χ0n) is 5.94. The van der Waals surface area contributed by atoms with Crippen LogP contribution in [0.15, 0.2) is 0 Å². The standard InChI is InChI=1S/C7H12N2O/c10-6-7(4-8-5-7)2-1-3-9-6/h8H,1-5H2,(H,9,10). The molecule has 0 aliphatic carbocycles. The summed E-state index contributed by atoms with van der Waals surface area (Å²) in [4.78, 5) is 11.2. The molecule has 1 amide bonds. The third-order valence-electron chi connectivity index (χ3n) is 2.53. The van der Waals surface area contributed by atoms with Gasteiger partial charge >= 0.3 is 0 Å². The lowest BCUT2D eigenvalue weighted by Gasteiger charge is -2.43. The van der Waals surface area contributed by atoms with Crippen LogP contribution >= 0.6 is 0 Å². The molecule has 2 fully saturated rings. The highest BCUT2D eigenvalue weighted by Gasteiger charge is 2.45. The highest BCUT2D eigenvalue weighted by atomic mass is 16.2. The number of hydrogen-bond acceptors (Lipinski definition) is 2. The van der Waals surface area contributed by atoms with Gasteiger partial charge in [-0.2, -0.15) is 0 Å². The van der Waals surface area contributed by atoms with Crippen molar-refractivity contribution in [3.63, 3.8) is 0 Å². The van der Waals surface area contributed by atoms with Crippen molar-refractivity contribution in [2.45, 2.75) is 12.8 Å². The zero-order chi connectivity index (χ0) is 7.03. The smallest absolute Gasteiger partial charge is 0.228 e. The molecule has 0 aromatic heterocycles. The molecular weight excluding hydrogens is 128 g/mol. The molecule has 0 aromatic rings. The van der Waals surface area contributed by atoms with E-state index < -0.39 is 0 Å². The summed E-state index contributed by atoms with van der Waals surface area (Å²) in [6.07, 6.45) is 2.22. The fraction of sp³-hybridized carbons (Fsp3) is 0.857. The molecule has 0 radical (unpaired) electrons. The van der Waals surface area contributed by atoms with Crippen LogP contribution in [0.4, 0.5) is 0 Å². The van der Waals surface area contributed by atoms with E-state index in [-0.39, 0.29) is 11.3 Å². The van der Waals surface area contributed by atoms with Gasteiger partial charge in [0.1, 0.15) is 0 Å². The maximum absolute atomic E-state index is 11.2. The summed E-state index contributed by atoms with van der Waals surface area (Å²) in [5.41, 5.74) is -0.00174. The molecule has 3 heteroatoms. The Kier molecular flexibility index (Phi) is 1.20. The molecule has 2 aliphatic rings. The van der Waals surface area contributed by atoms with Crippen molar-refractivity contribution in [3.8, 4) is 0 Å². The summed E-state index contributed by atoms with van der Waals surface area (Å²) in [6.45, 7) is 2.65. The SMILES string of the molecule is O=C1NCCCC12CNC2. The Labute approximate surface area is 60.2 Å². The Morgan fingerprint density at radius 2 is 2.20 bits per heavy atom. The lowest BCUT2D eigenvalue weighted by molar-refractivity contribution is -0.136. The van der Waals surface area contributed by atoms with Crippen molar-refractivity contribution in [1.29, 1.82) is 0 Å². The van der Waals surface area contributed by atoms with Crippen molar-refractivity contribution in [2.75, 3.05) is 19.6 Å². The van der Waals surface area contributed by atoms with Crippen molar-refractivity contribution in [2.24, 2.45) is 5.41 Å². The minimum atomic E-state index is -0.00174. The molecule has 3 nitrogen and oxygen atoms in total. The third-order valence-corrected chi connectivity index (χ3v) is 2.53. The van der Waals surface area contributed by atoms with E-state index in [2.05, 4.69) is 10.6 Å². The first-order valence-electron chi connectivity index (χ1n) is 3.83. The van der Waals surface area contributed by atoms with E-state index in [0.717, 1.165) is 32.5 Å². The van der Waals surface area contributed by atoms with Crippen molar-refractivity contribution < 1.29 is 4.79 Å². The van der Waals surface area contributed by atoms with E-state index in [1.807, 2.05) is 0 Å². The lowest BCUT2D eigenvalue weighted by atomic mass is 9.75. The molecule has 0 bridgehead atoms. The summed E-state index contributed by atoms with van der Waals surface area (Å²) in [5.74, 6) is 0.262. The van der Waals surface area contributed by atoms with Gasteiger partial charge in [-0.15, -0.1) is 0 Å². The Morgan fingerprint density at radius 3 is 2.60 bits per heavy atom. The lowest BCUT2D eigenvalue weighted by Crippen LogP contribution is -2.63. The maximum atomic E-state index is 11.2. The predicted molar refractivity (Wildman–Crippen MR) is 37.5 cm³/mol. The van der Waals surface area contributed by atoms with Gasteiger partial charge in [-0.1, -0.05) is 0 Å². The van der Waals surface area contributed by atoms with Gasteiger partial charge in [0, 0.05) is 19.6 Å². The minimum absolute atomic E-state index is 0.00174. The van der Waals surface area contributed by atoms with Crippen LogP contribution in [0.3, 0.4) is 0 Å². The normalized spacial score (nSPS) is 29.4. The second-order valence-corrected chi connectivity index (χ2v) is 3.24. The van der Waals surface area contributed by atoms with Gasteiger partial charge in [-0.05, 0) is 12.8 Å². The fourth-order valence-electron chi connectivity index (χ4n) is 1.69. The predicted octanol–water partition coefficient (Wildman–Crippen LogP) is -0.514. The maximum Gasteiger partial charge on any atom is 0.228 e.